The average Bonchev–Trinajstić information content (AvgIpc) is 2.46. The fourth-order valence-electron chi connectivity index (χ4n) is 2.27. The first-order valence-electron chi connectivity index (χ1n) is 6.92. The molecule has 4 N–H and O–H groups in total. The van der Waals surface area contributed by atoms with Gasteiger partial charge in [0.2, 0.25) is 5.91 Å². The molecule has 1 fully saturated rings. The van der Waals surface area contributed by atoms with E-state index in [1.807, 2.05) is 19.1 Å². The maximum atomic E-state index is 11.3. The number of ether oxygens (including phenoxy) is 1. The number of amides is 1. The number of aliphatic hydroxyl groups excluding tert-OH is 3. The topological polar surface area (TPSA) is 112 Å². The number of nitrogens with one attached hydrogen (secondary N) is 1. The number of rotatable bonds is 4. The zero-order chi connectivity index (χ0) is 16.3. The zero-order valence-corrected chi connectivity index (χ0v) is 13.2. The van der Waals surface area contributed by atoms with E-state index in [1.165, 1.54) is 18.7 Å². The minimum atomic E-state index is -1.27. The van der Waals surface area contributed by atoms with Gasteiger partial charge in [0.05, 0.1) is 17.7 Å². The van der Waals surface area contributed by atoms with Crippen LogP contribution in [-0.4, -0.2) is 62.6 Å². The number of hydrogen-bond acceptors (Lipinski definition) is 7. The molecule has 5 atom stereocenters. The SMILES string of the molecule is CC(=O)N[C@H]1[C@H](O)[C@@H](O)[C@H](CO)O[C@@H]1Sc1cccc(C)n1. The second kappa shape index (κ2) is 7.38. The molecule has 0 bridgehead atoms. The van der Waals surface area contributed by atoms with Crippen LogP contribution >= 0.6 is 11.8 Å². The number of pyridine rings is 1. The molecule has 2 heterocycles. The van der Waals surface area contributed by atoms with E-state index in [9.17, 15) is 20.1 Å². The Labute approximate surface area is 132 Å². The molecule has 0 saturated carbocycles. The fraction of sp³-hybridized carbons (Fsp3) is 0.571. The number of carbonyl (C=O) groups is 1. The predicted molar refractivity (Wildman–Crippen MR) is 80.2 cm³/mol. The van der Waals surface area contributed by atoms with Crippen LogP contribution in [-0.2, 0) is 9.53 Å². The average molecular weight is 328 g/mol. The van der Waals surface area contributed by atoms with Crippen molar-refractivity contribution >= 4 is 17.7 Å². The first kappa shape index (κ1) is 17.2. The molecule has 0 spiro atoms. The molecule has 1 aromatic heterocycles. The number of aliphatic hydroxyl groups is 3. The molecule has 22 heavy (non-hydrogen) atoms. The molecule has 0 unspecified atom stereocenters. The van der Waals surface area contributed by atoms with E-state index in [1.54, 1.807) is 6.07 Å². The summed E-state index contributed by atoms with van der Waals surface area (Å²) in [6.07, 6.45) is -3.43. The lowest BCUT2D eigenvalue weighted by molar-refractivity contribution is -0.173. The number of carbonyl (C=O) groups excluding carboxylic acids is 1. The molecule has 122 valence electrons. The van der Waals surface area contributed by atoms with E-state index in [0.29, 0.717) is 5.03 Å². The minimum Gasteiger partial charge on any atom is -0.394 e. The van der Waals surface area contributed by atoms with E-state index < -0.39 is 36.4 Å². The van der Waals surface area contributed by atoms with Crippen molar-refractivity contribution in [2.75, 3.05) is 6.61 Å². The van der Waals surface area contributed by atoms with E-state index in [4.69, 9.17) is 4.74 Å². The van der Waals surface area contributed by atoms with Crippen LogP contribution in [0.2, 0.25) is 0 Å². The highest BCUT2D eigenvalue weighted by molar-refractivity contribution is 7.99. The van der Waals surface area contributed by atoms with Gasteiger partial charge in [0.15, 0.2) is 0 Å². The van der Waals surface area contributed by atoms with Gasteiger partial charge in [0.25, 0.3) is 0 Å². The highest BCUT2D eigenvalue weighted by Gasteiger charge is 2.45. The van der Waals surface area contributed by atoms with Crippen molar-refractivity contribution in [1.29, 1.82) is 0 Å². The maximum Gasteiger partial charge on any atom is 0.217 e. The quantitative estimate of drug-likeness (QED) is 0.585. The molecule has 1 aromatic rings. The summed E-state index contributed by atoms with van der Waals surface area (Å²) in [5.41, 5.74) is 0.157. The van der Waals surface area contributed by atoms with Crippen LogP contribution in [0.25, 0.3) is 0 Å². The second-order valence-corrected chi connectivity index (χ2v) is 6.29. The van der Waals surface area contributed by atoms with Gasteiger partial charge in [-0.15, -0.1) is 0 Å². The molecule has 0 aromatic carbocycles. The Morgan fingerprint density at radius 1 is 1.41 bits per heavy atom. The Hall–Kier alpha value is -1.19. The normalized spacial score (nSPS) is 31.8. The van der Waals surface area contributed by atoms with Gasteiger partial charge in [-0.3, -0.25) is 4.79 Å². The first-order valence-corrected chi connectivity index (χ1v) is 7.80. The molecule has 0 radical (unpaired) electrons. The monoisotopic (exact) mass is 328 g/mol. The summed E-state index contributed by atoms with van der Waals surface area (Å²) < 4.78 is 5.62. The van der Waals surface area contributed by atoms with Crippen molar-refractivity contribution in [2.45, 2.75) is 48.7 Å². The van der Waals surface area contributed by atoms with Gasteiger partial charge in [-0.2, -0.15) is 0 Å². The van der Waals surface area contributed by atoms with Gasteiger partial charge in [0, 0.05) is 12.6 Å². The number of aryl methyl sites for hydroxylation is 1. The lowest BCUT2D eigenvalue weighted by Gasteiger charge is -2.42. The third-order valence-corrected chi connectivity index (χ3v) is 4.46. The van der Waals surface area contributed by atoms with Gasteiger partial charge in [-0.1, -0.05) is 17.8 Å². The highest BCUT2D eigenvalue weighted by Crippen LogP contribution is 2.32. The Balaban J connectivity index is 2.21. The molecule has 1 aliphatic rings. The molecular weight excluding hydrogens is 308 g/mol. The van der Waals surface area contributed by atoms with Gasteiger partial charge in [0.1, 0.15) is 23.7 Å². The molecule has 7 nitrogen and oxygen atoms in total. The lowest BCUT2D eigenvalue weighted by atomic mass is 9.98. The van der Waals surface area contributed by atoms with Crippen molar-refractivity contribution in [3.8, 4) is 0 Å². The van der Waals surface area contributed by atoms with Crippen molar-refractivity contribution in [1.82, 2.24) is 10.3 Å². The van der Waals surface area contributed by atoms with Crippen molar-refractivity contribution in [3.63, 3.8) is 0 Å². The Morgan fingerprint density at radius 2 is 2.14 bits per heavy atom. The summed E-state index contributed by atoms with van der Waals surface area (Å²) in [7, 11) is 0. The van der Waals surface area contributed by atoms with E-state index in [0.717, 1.165) is 5.69 Å². The molecule has 8 heteroatoms. The Morgan fingerprint density at radius 3 is 2.73 bits per heavy atom. The number of thioether (sulfide) groups is 1. The maximum absolute atomic E-state index is 11.3. The van der Waals surface area contributed by atoms with Gasteiger partial charge in [-0.05, 0) is 19.1 Å². The molecule has 1 aliphatic heterocycles. The van der Waals surface area contributed by atoms with Crippen LogP contribution in [0, 0.1) is 6.92 Å². The van der Waals surface area contributed by atoms with Crippen LogP contribution in [0.3, 0.4) is 0 Å². The van der Waals surface area contributed by atoms with Crippen molar-refractivity contribution in [3.05, 3.63) is 23.9 Å². The second-order valence-electron chi connectivity index (χ2n) is 5.17. The Bertz CT molecular complexity index is 530. The van der Waals surface area contributed by atoms with Gasteiger partial charge in [-0.25, -0.2) is 4.98 Å². The largest absolute Gasteiger partial charge is 0.394 e. The van der Waals surface area contributed by atoms with Gasteiger partial charge < -0.3 is 25.4 Å². The van der Waals surface area contributed by atoms with Crippen LogP contribution in [0.4, 0.5) is 0 Å². The van der Waals surface area contributed by atoms with Gasteiger partial charge >= 0.3 is 0 Å². The number of hydrogen-bond donors (Lipinski definition) is 4. The third kappa shape index (κ3) is 3.96. The lowest BCUT2D eigenvalue weighted by Crippen LogP contribution is -2.63. The fourth-order valence-corrected chi connectivity index (χ4v) is 3.44. The number of nitrogens with zero attached hydrogens (tertiary/aromatic N) is 1. The summed E-state index contributed by atoms with van der Waals surface area (Å²) in [5.74, 6) is -0.343. The summed E-state index contributed by atoms with van der Waals surface area (Å²) in [6.45, 7) is 2.75. The van der Waals surface area contributed by atoms with Crippen molar-refractivity contribution in [2.24, 2.45) is 0 Å². The van der Waals surface area contributed by atoms with E-state index in [2.05, 4.69) is 10.3 Å². The van der Waals surface area contributed by atoms with Crippen LogP contribution in [0.1, 0.15) is 12.6 Å². The molecule has 1 amide bonds. The summed E-state index contributed by atoms with van der Waals surface area (Å²) >= 11 is 1.22. The third-order valence-electron chi connectivity index (χ3n) is 3.35. The molecule has 2 rings (SSSR count). The van der Waals surface area contributed by atoms with Crippen LogP contribution in [0.5, 0.6) is 0 Å². The summed E-state index contributed by atoms with van der Waals surface area (Å²) in [5, 5.41) is 32.7. The van der Waals surface area contributed by atoms with E-state index >= 15 is 0 Å². The smallest absolute Gasteiger partial charge is 0.217 e. The van der Waals surface area contributed by atoms with E-state index in [-0.39, 0.29) is 5.91 Å². The highest BCUT2D eigenvalue weighted by atomic mass is 32.2. The first-order chi connectivity index (χ1) is 10.4. The van der Waals surface area contributed by atoms with Crippen LogP contribution in [0.15, 0.2) is 23.2 Å². The zero-order valence-electron chi connectivity index (χ0n) is 12.3. The molecule has 1 saturated heterocycles. The minimum absolute atomic E-state index is 0.343. The molecule has 0 aliphatic carbocycles. The van der Waals surface area contributed by atoms with Crippen molar-refractivity contribution < 1.29 is 24.9 Å². The molecular formula is C14H20N2O5S. The summed E-state index contributed by atoms with van der Waals surface area (Å²) in [4.78, 5) is 15.7. The van der Waals surface area contributed by atoms with Crippen LogP contribution < -0.4 is 5.32 Å². The summed E-state index contributed by atoms with van der Waals surface area (Å²) in [6, 6.07) is 4.68. The predicted octanol–water partition coefficient (Wildman–Crippen LogP) is -0.574. The Kier molecular flexibility index (Phi) is 5.76. The number of aromatic nitrogens is 1. The standard InChI is InChI=1S/C14H20N2O5S/c1-7-4-3-5-10(15-7)22-14-11(16-8(2)18)13(20)12(19)9(6-17)21-14/h3-5,9,11-14,17,19-20H,6H2,1-2H3,(H,16,18)/t9-,11-,12-,13-,14+/m0/s1.